The number of carbonyl (C=O) groups excluding carboxylic acids is 1. The third-order valence-electron chi connectivity index (χ3n) is 4.57. The molecule has 0 radical (unpaired) electrons. The second-order valence-electron chi connectivity index (χ2n) is 7.08. The summed E-state index contributed by atoms with van der Waals surface area (Å²) in [5.74, 6) is 0.940. The maximum absolute atomic E-state index is 13.1. The van der Waals surface area contributed by atoms with E-state index in [1.54, 1.807) is 18.2 Å². The number of aromatic nitrogens is 3. The van der Waals surface area contributed by atoms with Crippen molar-refractivity contribution in [1.82, 2.24) is 19.9 Å². The first kappa shape index (κ1) is 20.1. The van der Waals surface area contributed by atoms with Gasteiger partial charge in [0.2, 0.25) is 5.91 Å². The van der Waals surface area contributed by atoms with Gasteiger partial charge in [-0.25, -0.2) is 14.5 Å². The number of amides is 1. The van der Waals surface area contributed by atoms with Crippen molar-refractivity contribution in [1.29, 1.82) is 0 Å². The molecule has 1 atom stereocenters. The first-order valence-electron chi connectivity index (χ1n) is 9.25. The normalized spacial score (nSPS) is 12.3. The zero-order valence-corrected chi connectivity index (χ0v) is 17.3. The molecule has 0 fully saturated rings. The van der Waals surface area contributed by atoms with Gasteiger partial charge in [-0.2, -0.15) is 0 Å². The van der Waals surface area contributed by atoms with Gasteiger partial charge < -0.3 is 5.32 Å². The van der Waals surface area contributed by atoms with Crippen molar-refractivity contribution in [2.45, 2.75) is 38.9 Å². The van der Waals surface area contributed by atoms with Gasteiger partial charge in [-0.15, -0.1) is 0 Å². The highest BCUT2D eigenvalue weighted by molar-refractivity contribution is 7.99. The van der Waals surface area contributed by atoms with E-state index < -0.39 is 0 Å². The van der Waals surface area contributed by atoms with Crippen LogP contribution in [0.5, 0.6) is 0 Å². The number of hydrogen-bond acceptors (Lipinski definition) is 5. The molecular weight excluding hydrogens is 372 g/mol. The fraction of sp³-hybridized carbons (Fsp3) is 0.333. The predicted molar refractivity (Wildman–Crippen MR) is 113 cm³/mol. The van der Waals surface area contributed by atoms with Crippen LogP contribution >= 0.6 is 11.8 Å². The van der Waals surface area contributed by atoms with Gasteiger partial charge in [0.15, 0.2) is 5.16 Å². The molecule has 1 amide bonds. The highest BCUT2D eigenvalue weighted by Gasteiger charge is 2.17. The van der Waals surface area contributed by atoms with Crippen LogP contribution in [0.2, 0.25) is 0 Å². The van der Waals surface area contributed by atoms with Crippen LogP contribution in [0.1, 0.15) is 26.5 Å². The average Bonchev–Trinajstić information content (AvgIpc) is 2.66. The summed E-state index contributed by atoms with van der Waals surface area (Å²) in [7, 11) is 0. The van der Waals surface area contributed by atoms with Crippen LogP contribution in [0.4, 0.5) is 0 Å². The van der Waals surface area contributed by atoms with E-state index in [0.717, 1.165) is 5.69 Å². The number of thioether (sulfide) groups is 1. The Kier molecular flexibility index (Phi) is 6.14. The topological polar surface area (TPSA) is 76.9 Å². The van der Waals surface area contributed by atoms with Gasteiger partial charge in [0.1, 0.15) is 5.82 Å². The first-order chi connectivity index (χ1) is 13.4. The molecule has 0 aliphatic carbocycles. The number of benzene rings is 1. The second-order valence-corrected chi connectivity index (χ2v) is 8.02. The predicted octanol–water partition coefficient (Wildman–Crippen LogP) is 3.34. The second kappa shape index (κ2) is 8.56. The zero-order chi connectivity index (χ0) is 20.3. The molecule has 28 heavy (non-hydrogen) atoms. The first-order valence-corrected chi connectivity index (χ1v) is 10.2. The van der Waals surface area contributed by atoms with Gasteiger partial charge in [0.25, 0.3) is 5.56 Å². The monoisotopic (exact) mass is 396 g/mol. The van der Waals surface area contributed by atoms with Crippen molar-refractivity contribution in [3.05, 3.63) is 58.5 Å². The molecule has 146 valence electrons. The third-order valence-corrected chi connectivity index (χ3v) is 5.51. The molecule has 6 nitrogen and oxygen atoms in total. The number of carbonyl (C=O) groups is 1. The summed E-state index contributed by atoms with van der Waals surface area (Å²) in [4.78, 5) is 34.6. The highest BCUT2D eigenvalue weighted by atomic mass is 32.2. The van der Waals surface area contributed by atoms with Gasteiger partial charge in [0.05, 0.1) is 16.7 Å². The van der Waals surface area contributed by atoms with Gasteiger partial charge in [-0.1, -0.05) is 43.8 Å². The number of rotatable bonds is 6. The van der Waals surface area contributed by atoms with Crippen LogP contribution in [0, 0.1) is 12.8 Å². The summed E-state index contributed by atoms with van der Waals surface area (Å²) in [5.41, 5.74) is 1.22. The van der Waals surface area contributed by atoms with Crippen LogP contribution in [0.3, 0.4) is 0 Å². The Hall–Kier alpha value is -2.67. The molecule has 0 saturated carbocycles. The van der Waals surface area contributed by atoms with E-state index in [4.69, 9.17) is 0 Å². The largest absolute Gasteiger partial charge is 0.353 e. The number of fused-ring (bicyclic) bond motifs is 1. The molecule has 0 unspecified atom stereocenters. The van der Waals surface area contributed by atoms with E-state index in [-0.39, 0.29) is 23.3 Å². The Balaban J connectivity index is 2.00. The minimum Gasteiger partial charge on any atom is -0.353 e. The SMILES string of the molecule is Cc1cccc(-n2c(SCC(=O)N[C@H](C)C(C)C)nc3ccccc3c2=O)n1. The molecule has 1 N–H and O–H groups in total. The Bertz CT molecular complexity index is 1060. The standard InChI is InChI=1S/C21H24N4O2S/c1-13(2)15(4)23-19(26)12-28-21-24-17-10-6-5-9-16(17)20(27)25(21)18-11-7-8-14(3)22-18/h5-11,13,15H,12H2,1-4H3,(H,23,26)/t15-/m1/s1. The molecule has 3 aromatic rings. The zero-order valence-electron chi connectivity index (χ0n) is 16.5. The summed E-state index contributed by atoms with van der Waals surface area (Å²) in [6.07, 6.45) is 0. The van der Waals surface area contributed by atoms with Gasteiger partial charge in [-0.3, -0.25) is 9.59 Å². The molecule has 2 heterocycles. The van der Waals surface area contributed by atoms with Crippen LogP contribution in [-0.4, -0.2) is 32.2 Å². The Morgan fingerprint density at radius 1 is 1.11 bits per heavy atom. The van der Waals surface area contributed by atoms with Gasteiger partial charge in [0, 0.05) is 11.7 Å². The van der Waals surface area contributed by atoms with Crippen LogP contribution in [-0.2, 0) is 4.79 Å². The molecule has 0 aliphatic rings. The Morgan fingerprint density at radius 2 is 1.86 bits per heavy atom. The quantitative estimate of drug-likeness (QED) is 0.511. The lowest BCUT2D eigenvalue weighted by Gasteiger charge is -2.17. The molecule has 3 rings (SSSR count). The Labute approximate surface area is 168 Å². The number of pyridine rings is 1. The van der Waals surface area contributed by atoms with E-state index >= 15 is 0 Å². The lowest BCUT2D eigenvalue weighted by Crippen LogP contribution is -2.37. The van der Waals surface area contributed by atoms with Crippen LogP contribution in [0.25, 0.3) is 16.7 Å². The fourth-order valence-electron chi connectivity index (χ4n) is 2.66. The van der Waals surface area contributed by atoms with Crippen molar-refractivity contribution < 1.29 is 4.79 Å². The number of nitrogens with one attached hydrogen (secondary N) is 1. The third kappa shape index (κ3) is 4.42. The maximum atomic E-state index is 13.1. The van der Waals surface area contributed by atoms with E-state index in [0.29, 0.717) is 27.8 Å². The van der Waals surface area contributed by atoms with Crippen molar-refractivity contribution in [3.63, 3.8) is 0 Å². The lowest BCUT2D eigenvalue weighted by molar-refractivity contribution is -0.119. The van der Waals surface area contributed by atoms with Gasteiger partial charge >= 0.3 is 0 Å². The fourth-order valence-corrected chi connectivity index (χ4v) is 3.47. The van der Waals surface area contributed by atoms with Crippen molar-refractivity contribution in [2.24, 2.45) is 5.92 Å². The smallest absolute Gasteiger partial charge is 0.267 e. The van der Waals surface area contributed by atoms with E-state index in [9.17, 15) is 9.59 Å². The average molecular weight is 397 g/mol. The van der Waals surface area contributed by atoms with Crippen molar-refractivity contribution in [2.75, 3.05) is 5.75 Å². The summed E-state index contributed by atoms with van der Waals surface area (Å²) in [5, 5.41) is 3.95. The molecule has 2 aromatic heterocycles. The summed E-state index contributed by atoms with van der Waals surface area (Å²) >= 11 is 1.24. The van der Waals surface area contributed by atoms with Crippen molar-refractivity contribution >= 4 is 28.6 Å². The number of aryl methyl sites for hydroxylation is 1. The highest BCUT2D eigenvalue weighted by Crippen LogP contribution is 2.20. The number of para-hydroxylation sites is 1. The summed E-state index contributed by atoms with van der Waals surface area (Å²) < 4.78 is 1.49. The molecule has 1 aromatic carbocycles. The van der Waals surface area contributed by atoms with E-state index in [1.165, 1.54) is 16.3 Å². The number of nitrogens with zero attached hydrogens (tertiary/aromatic N) is 3. The summed E-state index contributed by atoms with van der Waals surface area (Å²) in [6, 6.07) is 12.8. The van der Waals surface area contributed by atoms with Crippen LogP contribution < -0.4 is 10.9 Å². The summed E-state index contributed by atoms with van der Waals surface area (Å²) in [6.45, 7) is 7.97. The molecule has 0 saturated heterocycles. The molecule has 7 heteroatoms. The van der Waals surface area contributed by atoms with E-state index in [1.807, 2.05) is 38.1 Å². The van der Waals surface area contributed by atoms with Gasteiger partial charge in [-0.05, 0) is 44.0 Å². The van der Waals surface area contributed by atoms with Crippen LogP contribution in [0.15, 0.2) is 52.4 Å². The minimum absolute atomic E-state index is 0.0818. The Morgan fingerprint density at radius 3 is 2.57 bits per heavy atom. The van der Waals surface area contributed by atoms with Crippen molar-refractivity contribution in [3.8, 4) is 5.82 Å². The lowest BCUT2D eigenvalue weighted by atomic mass is 10.1. The molecular formula is C21H24N4O2S. The number of hydrogen-bond donors (Lipinski definition) is 1. The molecule has 0 aliphatic heterocycles. The molecule has 0 bridgehead atoms. The van der Waals surface area contributed by atoms with E-state index in [2.05, 4.69) is 29.1 Å². The maximum Gasteiger partial charge on any atom is 0.267 e. The molecule has 0 spiro atoms. The minimum atomic E-state index is -0.192.